The van der Waals surface area contributed by atoms with Crippen molar-refractivity contribution >= 4 is 39.1 Å². The van der Waals surface area contributed by atoms with E-state index in [2.05, 4.69) is 21.1 Å². The van der Waals surface area contributed by atoms with Crippen molar-refractivity contribution < 1.29 is 4.52 Å². The van der Waals surface area contributed by atoms with Crippen LogP contribution in [0, 0.1) is 0 Å². The summed E-state index contributed by atoms with van der Waals surface area (Å²) in [6.07, 6.45) is 0. The first-order valence-electron chi connectivity index (χ1n) is 3.75. The van der Waals surface area contributed by atoms with Crippen molar-refractivity contribution in [1.82, 2.24) is 5.16 Å². The van der Waals surface area contributed by atoms with E-state index in [4.69, 9.17) is 27.7 Å². The third-order valence-corrected chi connectivity index (χ3v) is 3.19. The summed E-state index contributed by atoms with van der Waals surface area (Å²) in [6, 6.07) is 7.26. The van der Waals surface area contributed by atoms with E-state index >= 15 is 0 Å². The zero-order valence-electron chi connectivity index (χ0n) is 6.80. The SMILES string of the molecule is Clc1ccc(-c2noc(Cl)c2Br)cc1. The monoisotopic (exact) mass is 291 g/mol. The Balaban J connectivity index is 2.49. The zero-order valence-corrected chi connectivity index (χ0v) is 9.90. The van der Waals surface area contributed by atoms with Gasteiger partial charge >= 0.3 is 0 Å². The van der Waals surface area contributed by atoms with Gasteiger partial charge in [-0.2, -0.15) is 0 Å². The van der Waals surface area contributed by atoms with Gasteiger partial charge in [0, 0.05) is 10.6 Å². The molecule has 1 heterocycles. The van der Waals surface area contributed by atoms with Crippen molar-refractivity contribution in [3.63, 3.8) is 0 Å². The van der Waals surface area contributed by atoms with Gasteiger partial charge in [-0.15, -0.1) is 0 Å². The molecule has 0 amide bonds. The van der Waals surface area contributed by atoms with Gasteiger partial charge in [-0.25, -0.2) is 0 Å². The first-order chi connectivity index (χ1) is 6.68. The number of rotatable bonds is 1. The lowest BCUT2D eigenvalue weighted by Gasteiger charge is -1.95. The van der Waals surface area contributed by atoms with Gasteiger partial charge in [-0.3, -0.25) is 0 Å². The van der Waals surface area contributed by atoms with Crippen molar-refractivity contribution in [3.05, 3.63) is 39.0 Å². The fraction of sp³-hybridized carbons (Fsp3) is 0. The molecule has 72 valence electrons. The molecular weight excluding hydrogens is 289 g/mol. The van der Waals surface area contributed by atoms with Gasteiger partial charge in [0.2, 0.25) is 5.22 Å². The molecule has 0 fully saturated rings. The molecule has 0 N–H and O–H groups in total. The molecule has 0 aliphatic rings. The fourth-order valence-corrected chi connectivity index (χ4v) is 1.67. The van der Waals surface area contributed by atoms with Gasteiger partial charge in [0.05, 0.1) is 0 Å². The Labute approximate surface area is 98.9 Å². The number of nitrogens with zero attached hydrogens (tertiary/aromatic N) is 1. The largest absolute Gasteiger partial charge is 0.343 e. The van der Waals surface area contributed by atoms with E-state index in [1.165, 1.54) is 0 Å². The summed E-state index contributed by atoms with van der Waals surface area (Å²) >= 11 is 14.8. The van der Waals surface area contributed by atoms with E-state index in [0.29, 0.717) is 15.2 Å². The van der Waals surface area contributed by atoms with Crippen LogP contribution in [0.4, 0.5) is 0 Å². The molecule has 2 nitrogen and oxygen atoms in total. The first-order valence-corrected chi connectivity index (χ1v) is 5.30. The number of aromatic nitrogens is 1. The number of benzene rings is 1. The van der Waals surface area contributed by atoms with Crippen LogP contribution in [0.1, 0.15) is 0 Å². The van der Waals surface area contributed by atoms with Gasteiger partial charge in [0.25, 0.3) is 0 Å². The highest BCUT2D eigenvalue weighted by atomic mass is 79.9. The van der Waals surface area contributed by atoms with E-state index in [1.807, 2.05) is 12.1 Å². The van der Waals surface area contributed by atoms with E-state index in [0.717, 1.165) is 5.56 Å². The Kier molecular flexibility index (Phi) is 2.81. The predicted molar refractivity (Wildman–Crippen MR) is 59.7 cm³/mol. The summed E-state index contributed by atoms with van der Waals surface area (Å²) in [5.74, 6) is 0. The highest BCUT2D eigenvalue weighted by Gasteiger charge is 2.12. The summed E-state index contributed by atoms with van der Waals surface area (Å²) < 4.78 is 5.47. The molecule has 0 unspecified atom stereocenters. The maximum atomic E-state index is 5.76. The highest BCUT2D eigenvalue weighted by Crippen LogP contribution is 2.33. The Morgan fingerprint density at radius 2 is 1.79 bits per heavy atom. The highest BCUT2D eigenvalue weighted by molar-refractivity contribution is 9.10. The zero-order chi connectivity index (χ0) is 10.1. The average molecular weight is 293 g/mol. The second-order valence-electron chi connectivity index (χ2n) is 2.63. The van der Waals surface area contributed by atoms with Crippen molar-refractivity contribution in [2.75, 3.05) is 0 Å². The molecule has 14 heavy (non-hydrogen) atoms. The molecule has 0 saturated carbocycles. The average Bonchev–Trinajstić information content (AvgIpc) is 2.50. The lowest BCUT2D eigenvalue weighted by molar-refractivity contribution is 0.423. The molecule has 0 bridgehead atoms. The van der Waals surface area contributed by atoms with E-state index in [9.17, 15) is 0 Å². The first kappa shape index (κ1) is 10.0. The summed E-state index contributed by atoms with van der Waals surface area (Å²) in [7, 11) is 0. The van der Waals surface area contributed by atoms with Crippen LogP contribution in [0.5, 0.6) is 0 Å². The smallest absolute Gasteiger partial charge is 0.240 e. The van der Waals surface area contributed by atoms with Gasteiger partial charge in [0.1, 0.15) is 10.2 Å². The standard InChI is InChI=1S/C9H4BrCl2NO/c10-7-8(13-14-9(7)12)5-1-3-6(11)4-2-5/h1-4H. The summed E-state index contributed by atoms with van der Waals surface area (Å²) in [5.41, 5.74) is 1.57. The van der Waals surface area contributed by atoms with Crippen LogP contribution in [0.2, 0.25) is 10.2 Å². The van der Waals surface area contributed by atoms with Gasteiger partial charge in [-0.1, -0.05) is 28.9 Å². The van der Waals surface area contributed by atoms with E-state index in [-0.39, 0.29) is 5.22 Å². The molecule has 0 atom stereocenters. The Bertz CT molecular complexity index is 452. The molecule has 1 aromatic heterocycles. The topological polar surface area (TPSA) is 26.0 Å². The van der Waals surface area contributed by atoms with E-state index < -0.39 is 0 Å². The maximum absolute atomic E-state index is 5.76. The van der Waals surface area contributed by atoms with Gasteiger partial charge < -0.3 is 4.52 Å². The van der Waals surface area contributed by atoms with Crippen molar-refractivity contribution in [3.8, 4) is 11.3 Å². The third-order valence-electron chi connectivity index (χ3n) is 1.72. The molecule has 5 heteroatoms. The molecule has 2 aromatic rings. The number of hydrogen-bond acceptors (Lipinski definition) is 2. The normalized spacial score (nSPS) is 10.5. The molecule has 2 rings (SSSR count). The summed E-state index contributed by atoms with van der Waals surface area (Å²) in [4.78, 5) is 0. The van der Waals surface area contributed by atoms with Crippen LogP contribution in [-0.2, 0) is 0 Å². The minimum atomic E-state index is 0.245. The minimum Gasteiger partial charge on any atom is -0.343 e. The number of hydrogen-bond donors (Lipinski definition) is 0. The fourth-order valence-electron chi connectivity index (χ4n) is 1.05. The Morgan fingerprint density at radius 1 is 1.14 bits per heavy atom. The number of halogens is 3. The summed E-state index contributed by atoms with van der Waals surface area (Å²) in [5, 5.41) is 4.74. The second-order valence-corrected chi connectivity index (χ2v) is 4.20. The third kappa shape index (κ3) is 1.80. The molecule has 0 radical (unpaired) electrons. The Morgan fingerprint density at radius 3 is 2.29 bits per heavy atom. The predicted octanol–water partition coefficient (Wildman–Crippen LogP) is 4.41. The minimum absolute atomic E-state index is 0.245. The van der Waals surface area contributed by atoms with Crippen LogP contribution >= 0.6 is 39.1 Å². The van der Waals surface area contributed by atoms with Crippen LogP contribution < -0.4 is 0 Å². The lowest BCUT2D eigenvalue weighted by atomic mass is 10.2. The van der Waals surface area contributed by atoms with Crippen molar-refractivity contribution in [1.29, 1.82) is 0 Å². The van der Waals surface area contributed by atoms with E-state index in [1.54, 1.807) is 12.1 Å². The van der Waals surface area contributed by atoms with Gasteiger partial charge in [0.15, 0.2) is 0 Å². The maximum Gasteiger partial charge on any atom is 0.240 e. The molecule has 0 aliphatic carbocycles. The van der Waals surface area contributed by atoms with Crippen LogP contribution in [0.25, 0.3) is 11.3 Å². The molecule has 1 aromatic carbocycles. The lowest BCUT2D eigenvalue weighted by Crippen LogP contribution is -1.77. The van der Waals surface area contributed by atoms with Gasteiger partial charge in [-0.05, 0) is 39.7 Å². The Hall–Kier alpha value is -0.510. The second kappa shape index (κ2) is 3.93. The molecule has 0 saturated heterocycles. The molecule has 0 spiro atoms. The van der Waals surface area contributed by atoms with Crippen molar-refractivity contribution in [2.24, 2.45) is 0 Å². The molecule has 0 aliphatic heterocycles. The van der Waals surface area contributed by atoms with Crippen LogP contribution in [0.15, 0.2) is 33.3 Å². The van der Waals surface area contributed by atoms with Crippen LogP contribution in [-0.4, -0.2) is 5.16 Å². The summed E-state index contributed by atoms with van der Waals surface area (Å²) in [6.45, 7) is 0. The van der Waals surface area contributed by atoms with Crippen LogP contribution in [0.3, 0.4) is 0 Å². The quantitative estimate of drug-likeness (QED) is 0.778. The molecular formula is C9H4BrCl2NO. The van der Waals surface area contributed by atoms with Crippen molar-refractivity contribution in [2.45, 2.75) is 0 Å².